The Balaban J connectivity index is 1.53. The molecule has 1 aromatic heterocycles. The summed E-state index contributed by atoms with van der Waals surface area (Å²) in [7, 11) is 1.95. The number of benzene rings is 2. The van der Waals surface area contributed by atoms with Crippen molar-refractivity contribution in [2.45, 2.75) is 10.1 Å². The third-order valence-corrected chi connectivity index (χ3v) is 5.37. The summed E-state index contributed by atoms with van der Waals surface area (Å²) >= 11 is 3.08. The average Bonchev–Trinajstić information content (AvgIpc) is 2.97. The number of imidazole rings is 1. The molecule has 25 heavy (non-hydrogen) atoms. The van der Waals surface area contributed by atoms with Gasteiger partial charge >= 0.3 is 0 Å². The monoisotopic (exact) mass is 370 g/mol. The lowest BCUT2D eigenvalue weighted by Gasteiger charge is -2.01. The highest BCUT2D eigenvalue weighted by molar-refractivity contribution is 7.99. The van der Waals surface area contributed by atoms with E-state index in [0.717, 1.165) is 21.8 Å². The first kappa shape index (κ1) is 17.6. The smallest absolute Gasteiger partial charge is 0.250 e. The van der Waals surface area contributed by atoms with Gasteiger partial charge in [-0.25, -0.2) is 10.4 Å². The molecule has 128 valence electrons. The van der Waals surface area contributed by atoms with Crippen LogP contribution in [0.3, 0.4) is 0 Å². The van der Waals surface area contributed by atoms with E-state index in [1.165, 1.54) is 16.7 Å². The molecule has 0 unspecified atom stereocenters. The number of hydrazone groups is 1. The highest BCUT2D eigenvalue weighted by atomic mass is 32.2. The summed E-state index contributed by atoms with van der Waals surface area (Å²) in [6, 6.07) is 15.9. The van der Waals surface area contributed by atoms with Crippen LogP contribution in [0.1, 0.15) is 5.56 Å². The van der Waals surface area contributed by atoms with Crippen LogP contribution in [0.25, 0.3) is 11.0 Å². The SMILES string of the molecule is CSc1ccc(/C=N\NC(=O)CSc2nc3ccccc3n2C)cc1. The Bertz CT molecular complexity index is 903. The van der Waals surface area contributed by atoms with Gasteiger partial charge in [-0.1, -0.05) is 36.0 Å². The number of carbonyl (C=O) groups is 1. The molecule has 0 aliphatic heterocycles. The Kier molecular flexibility index (Phi) is 5.78. The number of aromatic nitrogens is 2. The summed E-state index contributed by atoms with van der Waals surface area (Å²) in [5.41, 5.74) is 5.48. The molecule has 1 heterocycles. The molecule has 0 aliphatic carbocycles. The van der Waals surface area contributed by atoms with Gasteiger partial charge in [0.15, 0.2) is 5.16 Å². The molecule has 5 nitrogen and oxygen atoms in total. The molecule has 7 heteroatoms. The highest BCUT2D eigenvalue weighted by Crippen LogP contribution is 2.22. The maximum atomic E-state index is 11.9. The van der Waals surface area contributed by atoms with Crippen molar-refractivity contribution >= 4 is 46.7 Å². The van der Waals surface area contributed by atoms with Crippen molar-refractivity contribution in [2.24, 2.45) is 12.1 Å². The van der Waals surface area contributed by atoms with E-state index in [0.29, 0.717) is 0 Å². The molecule has 0 fully saturated rings. The van der Waals surface area contributed by atoms with Crippen LogP contribution in [-0.2, 0) is 11.8 Å². The number of para-hydroxylation sites is 2. The second kappa shape index (κ2) is 8.22. The lowest BCUT2D eigenvalue weighted by atomic mass is 10.2. The maximum Gasteiger partial charge on any atom is 0.250 e. The molecule has 0 aliphatic rings. The van der Waals surface area contributed by atoms with Crippen molar-refractivity contribution in [1.82, 2.24) is 15.0 Å². The minimum atomic E-state index is -0.158. The molecule has 3 aromatic rings. The lowest BCUT2D eigenvalue weighted by Crippen LogP contribution is -2.19. The van der Waals surface area contributed by atoms with Crippen LogP contribution in [0.2, 0.25) is 0 Å². The second-order valence-electron chi connectivity index (χ2n) is 5.30. The van der Waals surface area contributed by atoms with Crippen LogP contribution in [0.4, 0.5) is 0 Å². The van der Waals surface area contributed by atoms with Crippen LogP contribution in [0.15, 0.2) is 63.7 Å². The summed E-state index contributed by atoms with van der Waals surface area (Å²) in [5.74, 6) is 0.106. The van der Waals surface area contributed by atoms with Gasteiger partial charge in [-0.15, -0.1) is 11.8 Å². The van der Waals surface area contributed by atoms with E-state index in [4.69, 9.17) is 0 Å². The normalized spacial score (nSPS) is 11.3. The van der Waals surface area contributed by atoms with E-state index in [9.17, 15) is 4.79 Å². The van der Waals surface area contributed by atoms with Gasteiger partial charge in [0, 0.05) is 11.9 Å². The Hall–Kier alpha value is -2.25. The van der Waals surface area contributed by atoms with E-state index in [2.05, 4.69) is 15.5 Å². The van der Waals surface area contributed by atoms with E-state index in [1.807, 2.05) is 66.4 Å². The zero-order valence-corrected chi connectivity index (χ0v) is 15.6. The fourth-order valence-electron chi connectivity index (χ4n) is 2.28. The van der Waals surface area contributed by atoms with Crippen LogP contribution in [0.5, 0.6) is 0 Å². The zero-order chi connectivity index (χ0) is 17.6. The van der Waals surface area contributed by atoms with Gasteiger partial charge in [0.25, 0.3) is 5.91 Å². The molecule has 3 rings (SSSR count). The number of carbonyl (C=O) groups excluding carboxylic acids is 1. The predicted octanol–water partition coefficient (Wildman–Crippen LogP) is 3.54. The molecule has 0 bridgehead atoms. The number of rotatable bonds is 6. The van der Waals surface area contributed by atoms with Crippen molar-refractivity contribution in [3.8, 4) is 0 Å². The quantitative estimate of drug-likeness (QED) is 0.410. The largest absolute Gasteiger partial charge is 0.322 e. The van der Waals surface area contributed by atoms with Gasteiger partial charge in [-0.2, -0.15) is 5.10 Å². The third-order valence-electron chi connectivity index (χ3n) is 3.60. The average molecular weight is 371 g/mol. The molecular weight excluding hydrogens is 352 g/mol. The first-order chi connectivity index (χ1) is 12.2. The van der Waals surface area contributed by atoms with Crippen molar-refractivity contribution in [3.63, 3.8) is 0 Å². The number of hydrogen-bond acceptors (Lipinski definition) is 5. The van der Waals surface area contributed by atoms with Gasteiger partial charge in [0.1, 0.15) is 0 Å². The molecule has 0 saturated carbocycles. The minimum absolute atomic E-state index is 0.158. The summed E-state index contributed by atoms with van der Waals surface area (Å²) in [6.07, 6.45) is 3.67. The van der Waals surface area contributed by atoms with Crippen molar-refractivity contribution in [2.75, 3.05) is 12.0 Å². The number of nitrogens with zero attached hydrogens (tertiary/aromatic N) is 3. The molecule has 2 aromatic carbocycles. The maximum absolute atomic E-state index is 11.9. The van der Waals surface area contributed by atoms with Gasteiger partial charge in [0.05, 0.1) is 23.0 Å². The third kappa shape index (κ3) is 4.43. The van der Waals surface area contributed by atoms with Crippen molar-refractivity contribution in [1.29, 1.82) is 0 Å². The highest BCUT2D eigenvalue weighted by Gasteiger charge is 2.09. The fraction of sp³-hybridized carbons (Fsp3) is 0.167. The van der Waals surface area contributed by atoms with Crippen LogP contribution >= 0.6 is 23.5 Å². The Morgan fingerprint density at radius 1 is 1.24 bits per heavy atom. The van der Waals surface area contributed by atoms with Crippen LogP contribution in [-0.4, -0.2) is 33.7 Å². The predicted molar refractivity (Wildman–Crippen MR) is 105 cm³/mol. The van der Waals surface area contributed by atoms with E-state index in [1.54, 1.807) is 18.0 Å². The summed E-state index contributed by atoms with van der Waals surface area (Å²) in [4.78, 5) is 17.7. The van der Waals surface area contributed by atoms with E-state index in [-0.39, 0.29) is 11.7 Å². The molecule has 0 spiro atoms. The summed E-state index contributed by atoms with van der Waals surface area (Å²) in [6.45, 7) is 0. The second-order valence-corrected chi connectivity index (χ2v) is 7.12. The Morgan fingerprint density at radius 3 is 2.72 bits per heavy atom. The minimum Gasteiger partial charge on any atom is -0.322 e. The van der Waals surface area contributed by atoms with E-state index < -0.39 is 0 Å². The Labute approximate surface area is 154 Å². The lowest BCUT2D eigenvalue weighted by molar-refractivity contribution is -0.118. The summed E-state index contributed by atoms with van der Waals surface area (Å²) in [5, 5.41) is 4.82. The van der Waals surface area contributed by atoms with Gasteiger partial charge in [-0.3, -0.25) is 4.79 Å². The fourth-order valence-corrected chi connectivity index (χ4v) is 3.47. The van der Waals surface area contributed by atoms with Crippen LogP contribution in [0, 0.1) is 0 Å². The molecule has 0 atom stereocenters. The zero-order valence-electron chi connectivity index (χ0n) is 14.0. The molecule has 1 N–H and O–H groups in total. The number of aryl methyl sites for hydroxylation is 1. The van der Waals surface area contributed by atoms with Crippen LogP contribution < -0.4 is 5.43 Å². The number of hydrogen-bond donors (Lipinski definition) is 1. The Morgan fingerprint density at radius 2 is 2.00 bits per heavy atom. The summed E-state index contributed by atoms with van der Waals surface area (Å²) < 4.78 is 1.99. The molecular formula is C18H18N4OS2. The van der Waals surface area contributed by atoms with Gasteiger partial charge in [-0.05, 0) is 36.1 Å². The number of thioether (sulfide) groups is 2. The van der Waals surface area contributed by atoms with Crippen molar-refractivity contribution in [3.05, 3.63) is 54.1 Å². The topological polar surface area (TPSA) is 59.3 Å². The van der Waals surface area contributed by atoms with Crippen molar-refractivity contribution < 1.29 is 4.79 Å². The van der Waals surface area contributed by atoms with Gasteiger partial charge in [0.2, 0.25) is 0 Å². The number of nitrogens with one attached hydrogen (secondary N) is 1. The first-order valence-corrected chi connectivity index (χ1v) is 9.88. The number of fused-ring (bicyclic) bond motifs is 1. The molecule has 1 amide bonds. The first-order valence-electron chi connectivity index (χ1n) is 7.67. The molecule has 0 radical (unpaired) electrons. The standard InChI is InChI=1S/C18H18N4OS2/c1-22-16-6-4-3-5-15(16)20-18(22)25-12-17(23)21-19-11-13-7-9-14(24-2)10-8-13/h3-11H,12H2,1-2H3,(H,21,23)/b19-11-. The van der Waals surface area contributed by atoms with E-state index >= 15 is 0 Å². The molecule has 0 saturated heterocycles. The van der Waals surface area contributed by atoms with Gasteiger partial charge < -0.3 is 4.57 Å². The number of amides is 1.